The Kier molecular flexibility index (Phi) is 3.65. The molecule has 0 aliphatic heterocycles. The van der Waals surface area contributed by atoms with Gasteiger partial charge in [-0.05, 0) is 18.9 Å². The van der Waals surface area contributed by atoms with E-state index in [9.17, 15) is 4.79 Å². The second-order valence-electron chi connectivity index (χ2n) is 3.19. The number of benzene rings is 1. The largest absolute Gasteiger partial charge is 0.389 e. The standard InChI is InChI=1S/C11H14O2/c1-9-3-2-4-10(7-9)5-6-11(13)8-12/h2-4,7,12H,5-6,8H2,1H3. The first kappa shape index (κ1) is 9.93. The molecule has 0 radical (unpaired) electrons. The number of Topliss-reactive ketones (excluding diaryl/α,β-unsaturated/α-hetero) is 1. The molecule has 0 aliphatic carbocycles. The lowest BCUT2D eigenvalue weighted by Gasteiger charge is -2.00. The average Bonchev–Trinajstić information content (AvgIpc) is 2.14. The minimum atomic E-state index is -0.341. The van der Waals surface area contributed by atoms with Gasteiger partial charge in [0, 0.05) is 6.42 Å². The van der Waals surface area contributed by atoms with Gasteiger partial charge in [-0.15, -0.1) is 0 Å². The normalized spacial score (nSPS) is 10.0. The second-order valence-corrected chi connectivity index (χ2v) is 3.19. The van der Waals surface area contributed by atoms with Crippen LogP contribution in [-0.4, -0.2) is 17.5 Å². The highest BCUT2D eigenvalue weighted by Crippen LogP contribution is 2.06. The Morgan fingerprint density at radius 2 is 2.23 bits per heavy atom. The van der Waals surface area contributed by atoms with E-state index >= 15 is 0 Å². The molecule has 0 aliphatic rings. The van der Waals surface area contributed by atoms with E-state index in [1.807, 2.05) is 25.1 Å². The van der Waals surface area contributed by atoms with Crippen LogP contribution in [0.1, 0.15) is 17.5 Å². The monoisotopic (exact) mass is 178 g/mol. The van der Waals surface area contributed by atoms with Gasteiger partial charge < -0.3 is 5.11 Å². The molecule has 70 valence electrons. The van der Waals surface area contributed by atoms with E-state index < -0.39 is 0 Å². The maximum Gasteiger partial charge on any atom is 0.158 e. The molecule has 0 atom stereocenters. The van der Waals surface area contributed by atoms with Crippen molar-refractivity contribution in [1.82, 2.24) is 0 Å². The average molecular weight is 178 g/mol. The van der Waals surface area contributed by atoms with E-state index in [-0.39, 0.29) is 12.4 Å². The summed E-state index contributed by atoms with van der Waals surface area (Å²) in [4.78, 5) is 10.8. The van der Waals surface area contributed by atoms with Crippen molar-refractivity contribution in [3.63, 3.8) is 0 Å². The fourth-order valence-corrected chi connectivity index (χ4v) is 1.23. The van der Waals surface area contributed by atoms with Crippen LogP contribution < -0.4 is 0 Å². The summed E-state index contributed by atoms with van der Waals surface area (Å²) in [5.41, 5.74) is 2.36. The lowest BCUT2D eigenvalue weighted by molar-refractivity contribution is -0.121. The first-order valence-electron chi connectivity index (χ1n) is 4.40. The third kappa shape index (κ3) is 3.38. The number of aliphatic hydroxyl groups excluding tert-OH is 1. The van der Waals surface area contributed by atoms with Crippen LogP contribution in [-0.2, 0) is 11.2 Å². The molecule has 1 N–H and O–H groups in total. The summed E-state index contributed by atoms with van der Waals surface area (Å²) in [6.07, 6.45) is 1.15. The van der Waals surface area contributed by atoms with Crippen molar-refractivity contribution in [2.75, 3.05) is 6.61 Å². The van der Waals surface area contributed by atoms with E-state index in [0.29, 0.717) is 6.42 Å². The lowest BCUT2D eigenvalue weighted by atomic mass is 10.1. The Morgan fingerprint density at radius 3 is 2.85 bits per heavy atom. The van der Waals surface area contributed by atoms with E-state index in [0.717, 1.165) is 12.0 Å². The quantitative estimate of drug-likeness (QED) is 0.758. The van der Waals surface area contributed by atoms with Gasteiger partial charge in [0.15, 0.2) is 5.78 Å². The van der Waals surface area contributed by atoms with Gasteiger partial charge in [-0.25, -0.2) is 0 Å². The molecule has 0 fully saturated rings. The number of ketones is 1. The summed E-state index contributed by atoms with van der Waals surface area (Å²) in [6.45, 7) is 1.68. The van der Waals surface area contributed by atoms with E-state index in [1.165, 1.54) is 5.56 Å². The SMILES string of the molecule is Cc1cccc(CCC(=O)CO)c1. The van der Waals surface area contributed by atoms with Crippen LogP contribution in [0.3, 0.4) is 0 Å². The van der Waals surface area contributed by atoms with Gasteiger partial charge in [-0.2, -0.15) is 0 Å². The third-order valence-electron chi connectivity index (χ3n) is 1.95. The summed E-state index contributed by atoms with van der Waals surface area (Å²) in [6, 6.07) is 8.06. The van der Waals surface area contributed by atoms with Gasteiger partial charge in [0.1, 0.15) is 6.61 Å². The molecule has 0 saturated heterocycles. The van der Waals surface area contributed by atoms with Crippen LogP contribution in [0.5, 0.6) is 0 Å². The molecule has 0 saturated carbocycles. The van der Waals surface area contributed by atoms with Crippen molar-refractivity contribution in [3.05, 3.63) is 35.4 Å². The fraction of sp³-hybridized carbons (Fsp3) is 0.364. The van der Waals surface area contributed by atoms with E-state index in [1.54, 1.807) is 0 Å². The van der Waals surface area contributed by atoms with Gasteiger partial charge in [0.2, 0.25) is 0 Å². The first-order valence-corrected chi connectivity index (χ1v) is 4.40. The molecule has 0 amide bonds. The summed E-state index contributed by atoms with van der Waals surface area (Å²) < 4.78 is 0. The maximum atomic E-state index is 10.8. The number of carbonyl (C=O) groups excluding carboxylic acids is 1. The van der Waals surface area contributed by atoms with E-state index in [2.05, 4.69) is 6.07 Å². The highest BCUT2D eigenvalue weighted by molar-refractivity contribution is 5.79. The molecule has 0 unspecified atom stereocenters. The minimum absolute atomic E-state index is 0.0958. The van der Waals surface area contributed by atoms with E-state index in [4.69, 9.17) is 5.11 Å². The Hall–Kier alpha value is -1.15. The molecule has 13 heavy (non-hydrogen) atoms. The zero-order valence-electron chi connectivity index (χ0n) is 7.79. The summed E-state index contributed by atoms with van der Waals surface area (Å²) in [5, 5.41) is 8.52. The van der Waals surface area contributed by atoms with Crippen molar-refractivity contribution in [2.45, 2.75) is 19.8 Å². The molecule has 0 heterocycles. The summed E-state index contributed by atoms with van der Waals surface area (Å²) in [7, 11) is 0. The van der Waals surface area contributed by atoms with Gasteiger partial charge in [-0.3, -0.25) is 4.79 Å². The van der Waals surface area contributed by atoms with Crippen molar-refractivity contribution in [2.24, 2.45) is 0 Å². The first-order chi connectivity index (χ1) is 6.22. The molecule has 2 nitrogen and oxygen atoms in total. The van der Waals surface area contributed by atoms with Gasteiger partial charge in [-0.1, -0.05) is 29.8 Å². The van der Waals surface area contributed by atoms with Crippen molar-refractivity contribution in [1.29, 1.82) is 0 Å². The molecule has 0 spiro atoms. The number of hydrogen-bond acceptors (Lipinski definition) is 2. The topological polar surface area (TPSA) is 37.3 Å². The van der Waals surface area contributed by atoms with Crippen LogP contribution in [0.4, 0.5) is 0 Å². The highest BCUT2D eigenvalue weighted by Gasteiger charge is 2.00. The van der Waals surface area contributed by atoms with Gasteiger partial charge in [0.25, 0.3) is 0 Å². The second kappa shape index (κ2) is 4.77. The number of rotatable bonds is 4. The van der Waals surface area contributed by atoms with Crippen LogP contribution in [0.15, 0.2) is 24.3 Å². The number of hydrogen-bond donors (Lipinski definition) is 1. The maximum absolute atomic E-state index is 10.8. The molecule has 1 aromatic rings. The van der Waals surface area contributed by atoms with Crippen molar-refractivity contribution < 1.29 is 9.90 Å². The zero-order chi connectivity index (χ0) is 9.68. The Balaban J connectivity index is 2.50. The summed E-state index contributed by atoms with van der Waals surface area (Å²) in [5.74, 6) is -0.0958. The van der Waals surface area contributed by atoms with Crippen LogP contribution in [0, 0.1) is 6.92 Å². The van der Waals surface area contributed by atoms with Crippen molar-refractivity contribution in [3.8, 4) is 0 Å². The molecule has 1 aromatic carbocycles. The molecule has 0 aromatic heterocycles. The number of aryl methyl sites for hydroxylation is 2. The molecule has 2 heteroatoms. The third-order valence-corrected chi connectivity index (χ3v) is 1.95. The van der Waals surface area contributed by atoms with Crippen molar-refractivity contribution >= 4 is 5.78 Å². The van der Waals surface area contributed by atoms with Gasteiger partial charge >= 0.3 is 0 Å². The smallest absolute Gasteiger partial charge is 0.158 e. The van der Waals surface area contributed by atoms with Crippen LogP contribution in [0.25, 0.3) is 0 Å². The summed E-state index contributed by atoms with van der Waals surface area (Å²) >= 11 is 0. The molecular formula is C11H14O2. The number of aliphatic hydroxyl groups is 1. The Labute approximate surface area is 78.2 Å². The van der Waals surface area contributed by atoms with Crippen LogP contribution >= 0.6 is 0 Å². The number of carbonyl (C=O) groups is 1. The fourth-order valence-electron chi connectivity index (χ4n) is 1.23. The Morgan fingerprint density at radius 1 is 1.46 bits per heavy atom. The Bertz CT molecular complexity index is 292. The predicted octanol–water partition coefficient (Wildman–Crippen LogP) is 1.49. The molecule has 0 bridgehead atoms. The molecule has 1 rings (SSSR count). The predicted molar refractivity (Wildman–Crippen MR) is 51.6 cm³/mol. The minimum Gasteiger partial charge on any atom is -0.389 e. The zero-order valence-corrected chi connectivity index (χ0v) is 7.79. The lowest BCUT2D eigenvalue weighted by Crippen LogP contribution is -2.04. The highest BCUT2D eigenvalue weighted by atomic mass is 16.3. The van der Waals surface area contributed by atoms with Crippen LogP contribution in [0.2, 0.25) is 0 Å². The molecular weight excluding hydrogens is 164 g/mol. The van der Waals surface area contributed by atoms with Gasteiger partial charge in [0.05, 0.1) is 0 Å².